The fourth-order valence-electron chi connectivity index (χ4n) is 17.5. The minimum absolute atomic E-state index is 1.08. The molecule has 0 aliphatic carbocycles. The molecule has 0 aliphatic rings. The van der Waals surface area contributed by atoms with E-state index < -0.39 is 0 Å². The van der Waals surface area contributed by atoms with Crippen LogP contribution >= 0.6 is 0 Å². The molecule has 0 atom stereocenters. The number of benzene rings is 18. The van der Waals surface area contributed by atoms with Gasteiger partial charge in [-0.2, -0.15) is 0 Å². The van der Waals surface area contributed by atoms with Gasteiger partial charge in [0.25, 0.3) is 0 Å². The van der Waals surface area contributed by atoms with E-state index in [1.807, 2.05) is 0 Å². The summed E-state index contributed by atoms with van der Waals surface area (Å²) in [7, 11) is 0. The van der Waals surface area contributed by atoms with Crippen LogP contribution in [-0.4, -0.2) is 18.3 Å². The van der Waals surface area contributed by atoms with Gasteiger partial charge in [-0.3, -0.25) is 18.3 Å². The number of hydrogen-bond donors (Lipinski definition) is 0. The van der Waals surface area contributed by atoms with E-state index in [0.29, 0.717) is 0 Å². The molecule has 556 valence electrons. The van der Waals surface area contributed by atoms with Crippen molar-refractivity contribution in [1.82, 2.24) is 18.3 Å². The summed E-state index contributed by atoms with van der Waals surface area (Å²) in [5, 5.41) is 7.30. The van der Waals surface area contributed by atoms with Crippen molar-refractivity contribution in [3.63, 3.8) is 0 Å². The van der Waals surface area contributed by atoms with Gasteiger partial charge in [-0.15, -0.1) is 0 Å². The highest BCUT2D eigenvalue weighted by Crippen LogP contribution is 2.49. The van der Waals surface area contributed by atoms with Crippen molar-refractivity contribution in [3.05, 3.63) is 473 Å². The summed E-state index contributed by atoms with van der Waals surface area (Å²) >= 11 is 0. The molecule has 0 N–H and O–H groups in total. The zero-order chi connectivity index (χ0) is 78.2. The van der Waals surface area contributed by atoms with Crippen molar-refractivity contribution in [1.29, 1.82) is 0 Å². The molecule has 6 nitrogen and oxygen atoms in total. The summed E-state index contributed by atoms with van der Waals surface area (Å²) in [6.07, 6.45) is 0. The average Bonchev–Trinajstić information content (AvgIpc) is 1.54. The minimum atomic E-state index is 1.08. The summed E-state index contributed by atoms with van der Waals surface area (Å²) in [6.45, 7) is 0. The summed E-state index contributed by atoms with van der Waals surface area (Å²) in [4.78, 5) is 4.77. The van der Waals surface area contributed by atoms with E-state index in [0.717, 1.165) is 79.2 Å². The molecule has 118 heavy (non-hydrogen) atoms. The molecule has 0 amide bonds. The third-order valence-electron chi connectivity index (χ3n) is 23.0. The van der Waals surface area contributed by atoms with Gasteiger partial charge in [-0.1, -0.05) is 328 Å². The maximum Gasteiger partial charge on any atom is 0.131 e. The normalized spacial score (nSPS) is 11.4. The molecule has 4 heterocycles. The van der Waals surface area contributed by atoms with Gasteiger partial charge in [0.1, 0.15) is 11.3 Å². The van der Waals surface area contributed by atoms with E-state index in [4.69, 9.17) is 0 Å². The van der Waals surface area contributed by atoms with Gasteiger partial charge in [-0.25, -0.2) is 0 Å². The Labute approximate surface area is 686 Å². The van der Waals surface area contributed by atoms with Crippen molar-refractivity contribution < 1.29 is 0 Å². The second kappa shape index (κ2) is 30.6. The molecule has 0 bridgehead atoms. The molecule has 0 saturated carbocycles. The lowest BCUT2D eigenvalue weighted by molar-refractivity contribution is 1.07. The number of hydrogen-bond acceptors (Lipinski definition) is 2. The molecule has 0 aliphatic heterocycles. The van der Waals surface area contributed by atoms with Crippen LogP contribution in [0.5, 0.6) is 0 Å². The van der Waals surface area contributed by atoms with Crippen LogP contribution in [0.2, 0.25) is 0 Å². The molecular weight excluding hydrogens is 1430 g/mol. The van der Waals surface area contributed by atoms with Crippen LogP contribution in [0, 0.1) is 0 Å². The topological polar surface area (TPSA) is 26.2 Å². The van der Waals surface area contributed by atoms with Crippen LogP contribution in [0.4, 0.5) is 34.1 Å². The predicted molar refractivity (Wildman–Crippen MR) is 497 cm³/mol. The summed E-state index contributed by atoms with van der Waals surface area (Å²) < 4.78 is 9.79. The lowest BCUT2D eigenvalue weighted by Crippen LogP contribution is -2.10. The average molecular weight is 1510 g/mol. The summed E-state index contributed by atoms with van der Waals surface area (Å²) in [5.74, 6) is 0. The van der Waals surface area contributed by atoms with E-state index in [9.17, 15) is 0 Å². The molecule has 6 heteroatoms. The van der Waals surface area contributed by atoms with Gasteiger partial charge in [0, 0.05) is 89.2 Å². The zero-order valence-electron chi connectivity index (χ0n) is 64.7. The van der Waals surface area contributed by atoms with E-state index in [1.165, 1.54) is 110 Å². The number of para-hydroxylation sites is 4. The maximum absolute atomic E-state index is 2.46. The summed E-state index contributed by atoms with van der Waals surface area (Å²) in [6, 6.07) is 171. The minimum Gasteiger partial charge on any atom is -0.310 e. The van der Waals surface area contributed by atoms with E-state index >= 15 is 0 Å². The van der Waals surface area contributed by atoms with E-state index in [-0.39, 0.29) is 0 Å². The number of fused-ring (bicyclic) bond motifs is 10. The van der Waals surface area contributed by atoms with Gasteiger partial charge in [0.15, 0.2) is 0 Å². The first-order chi connectivity index (χ1) is 58.6. The first kappa shape index (κ1) is 70.1. The standard InChI is InChI=1S/2C56H39N3/c1-6-16-40(17-7-1)43-26-31-48(32-27-43)57(49-33-28-44(29-34-49)41-18-8-2-9-19-41)50-35-37-54-52(39-50)55-51-38-45(42-20-10-3-11-21-42)30-36-53(51)58(46-22-12-4-13-23-46)56(55)59(54)47-24-14-5-15-25-47;1-6-16-40(17-7-1)43-26-31-48(32-27-43)57(49-33-28-44(29-34-49)41-18-8-2-9-19-41)50-35-37-52-54(39-50)59(47-24-14-5-15-25-47)56-55(52)51-36-30-45(42-20-10-3-11-21-42)38-53(51)58(56)46-22-12-4-13-23-46/h2*1-39H. The third-order valence-corrected chi connectivity index (χ3v) is 23.0. The first-order valence-corrected chi connectivity index (χ1v) is 40.4. The van der Waals surface area contributed by atoms with Crippen LogP contribution in [0.25, 0.3) is 155 Å². The first-order valence-electron chi connectivity index (χ1n) is 40.4. The molecule has 0 unspecified atom stereocenters. The van der Waals surface area contributed by atoms with Gasteiger partial charge in [0.2, 0.25) is 0 Å². The van der Waals surface area contributed by atoms with Crippen LogP contribution in [-0.2, 0) is 0 Å². The maximum atomic E-state index is 2.46. The summed E-state index contributed by atoms with van der Waals surface area (Å²) in [5.41, 5.74) is 32.3. The molecule has 0 fully saturated rings. The highest BCUT2D eigenvalue weighted by Gasteiger charge is 2.28. The Morgan fingerprint density at radius 3 is 0.686 bits per heavy atom. The van der Waals surface area contributed by atoms with E-state index in [1.54, 1.807) is 0 Å². The number of anilines is 6. The van der Waals surface area contributed by atoms with Crippen molar-refractivity contribution in [2.75, 3.05) is 9.80 Å². The van der Waals surface area contributed by atoms with Crippen LogP contribution < -0.4 is 9.80 Å². The molecule has 18 aromatic carbocycles. The number of nitrogens with zero attached hydrogens (tertiary/aromatic N) is 6. The van der Waals surface area contributed by atoms with Gasteiger partial charge < -0.3 is 9.80 Å². The Bertz CT molecular complexity index is 7130. The number of rotatable bonds is 16. The molecule has 4 aromatic heterocycles. The Kier molecular flexibility index (Phi) is 18.2. The van der Waals surface area contributed by atoms with Crippen molar-refractivity contribution in [2.24, 2.45) is 0 Å². The van der Waals surface area contributed by atoms with Gasteiger partial charge in [-0.05, 0) is 212 Å². The van der Waals surface area contributed by atoms with Crippen molar-refractivity contribution in [2.45, 2.75) is 0 Å². The fourth-order valence-corrected chi connectivity index (χ4v) is 17.5. The lowest BCUT2D eigenvalue weighted by atomic mass is 10.0. The van der Waals surface area contributed by atoms with Crippen molar-refractivity contribution in [3.8, 4) is 89.5 Å². The van der Waals surface area contributed by atoms with E-state index in [2.05, 4.69) is 501 Å². The smallest absolute Gasteiger partial charge is 0.131 e. The monoisotopic (exact) mass is 1510 g/mol. The Morgan fingerprint density at radius 2 is 0.347 bits per heavy atom. The Morgan fingerprint density at radius 1 is 0.136 bits per heavy atom. The largest absolute Gasteiger partial charge is 0.310 e. The fraction of sp³-hybridized carbons (Fsp3) is 0. The Balaban J connectivity index is 0.000000147. The zero-order valence-corrected chi connectivity index (χ0v) is 64.7. The molecular formula is C112H78N6. The van der Waals surface area contributed by atoms with Gasteiger partial charge in [0.05, 0.1) is 22.1 Å². The highest BCUT2D eigenvalue weighted by atomic mass is 15.2. The number of aromatic nitrogens is 4. The molecule has 22 rings (SSSR count). The second-order valence-electron chi connectivity index (χ2n) is 30.0. The molecule has 0 radical (unpaired) electrons. The van der Waals surface area contributed by atoms with Crippen LogP contribution in [0.3, 0.4) is 0 Å². The van der Waals surface area contributed by atoms with Crippen LogP contribution in [0.1, 0.15) is 0 Å². The van der Waals surface area contributed by atoms with Crippen LogP contribution in [0.15, 0.2) is 473 Å². The molecule has 0 spiro atoms. The van der Waals surface area contributed by atoms with Gasteiger partial charge >= 0.3 is 0 Å². The third kappa shape index (κ3) is 12.9. The molecule has 0 saturated heterocycles. The quantitative estimate of drug-likeness (QED) is 0.0964. The molecule has 22 aromatic rings. The van der Waals surface area contributed by atoms with Crippen molar-refractivity contribution >= 4 is 99.8 Å². The SMILES string of the molecule is c1ccc(-c2ccc(N(c3ccc(-c4ccccc4)cc3)c3ccc4c(c3)c3c5cc(-c6ccccc6)ccc5n(-c5ccccc5)c3n4-c3ccccc3)cc2)cc1.c1ccc(-c2ccc(N(c3ccc(-c4ccccc4)cc3)c3ccc4c5c6ccc(-c7ccccc7)cc6n(-c6ccccc6)c5n(-c5ccccc5)c4c3)cc2)cc1. The predicted octanol–water partition coefficient (Wildman–Crippen LogP) is 30.4. The highest BCUT2D eigenvalue weighted by molar-refractivity contribution is 6.25. The Hall–Kier alpha value is -15.8. The second-order valence-corrected chi connectivity index (χ2v) is 30.0. The lowest BCUT2D eigenvalue weighted by Gasteiger charge is -2.26.